The van der Waals surface area contributed by atoms with Crippen molar-refractivity contribution in [3.63, 3.8) is 0 Å². The van der Waals surface area contributed by atoms with Crippen LogP contribution in [0.5, 0.6) is 5.75 Å². The molecule has 0 saturated carbocycles. The molecule has 0 aliphatic heterocycles. The maximum atomic E-state index is 10.3. The number of para-hydroxylation sites is 2. The summed E-state index contributed by atoms with van der Waals surface area (Å²) < 4.78 is 5.19. The molecule has 1 atom stereocenters. The van der Waals surface area contributed by atoms with E-state index in [4.69, 9.17) is 10.5 Å². The zero-order valence-corrected chi connectivity index (χ0v) is 7.84. The highest BCUT2D eigenvalue weighted by molar-refractivity contribution is 5.51. The van der Waals surface area contributed by atoms with Gasteiger partial charge < -0.3 is 10.5 Å². The van der Waals surface area contributed by atoms with Crippen LogP contribution in [-0.2, 0) is 0 Å². The standard InChI is InChI=1S/C9H12N2O3/c1-7(11(12)13)6-14-9-5-3-2-4-8(9)10/h2-5,7H,6,10H2,1H3/t7-/m1/s1. The molecule has 0 bridgehead atoms. The first-order chi connectivity index (χ1) is 6.61. The number of nitro groups is 1. The molecule has 0 aliphatic rings. The Kier molecular flexibility index (Phi) is 3.28. The maximum absolute atomic E-state index is 10.3. The molecule has 0 amide bonds. The Balaban J connectivity index is 2.54. The molecule has 1 rings (SSSR count). The molecule has 5 nitrogen and oxygen atoms in total. The fourth-order valence-corrected chi connectivity index (χ4v) is 0.883. The van der Waals surface area contributed by atoms with Gasteiger partial charge in [0, 0.05) is 11.8 Å². The lowest BCUT2D eigenvalue weighted by molar-refractivity contribution is -0.520. The van der Waals surface area contributed by atoms with Gasteiger partial charge in [-0.1, -0.05) is 12.1 Å². The van der Waals surface area contributed by atoms with Crippen molar-refractivity contribution in [2.75, 3.05) is 12.3 Å². The van der Waals surface area contributed by atoms with Crippen LogP contribution in [0.3, 0.4) is 0 Å². The van der Waals surface area contributed by atoms with Gasteiger partial charge in [-0.15, -0.1) is 0 Å². The third kappa shape index (κ3) is 2.62. The van der Waals surface area contributed by atoms with Crippen LogP contribution in [0, 0.1) is 10.1 Å². The first kappa shape index (κ1) is 10.3. The summed E-state index contributed by atoms with van der Waals surface area (Å²) in [5, 5.41) is 10.3. The van der Waals surface area contributed by atoms with Crippen LogP contribution >= 0.6 is 0 Å². The number of rotatable bonds is 4. The van der Waals surface area contributed by atoms with Gasteiger partial charge in [-0.3, -0.25) is 10.1 Å². The Labute approximate surface area is 81.6 Å². The van der Waals surface area contributed by atoms with E-state index in [2.05, 4.69) is 0 Å². The Morgan fingerprint density at radius 2 is 2.21 bits per heavy atom. The Hall–Kier alpha value is -1.78. The summed E-state index contributed by atoms with van der Waals surface area (Å²) in [6.45, 7) is 1.51. The SMILES string of the molecule is C[C@H](COc1ccccc1N)[N+](=O)[O-]. The number of ether oxygens (including phenoxy) is 1. The summed E-state index contributed by atoms with van der Waals surface area (Å²) in [6, 6.07) is 6.19. The molecule has 2 N–H and O–H groups in total. The van der Waals surface area contributed by atoms with Crippen molar-refractivity contribution >= 4 is 5.69 Å². The number of hydrogen-bond donors (Lipinski definition) is 1. The maximum Gasteiger partial charge on any atom is 0.243 e. The summed E-state index contributed by atoms with van der Waals surface area (Å²) >= 11 is 0. The van der Waals surface area contributed by atoms with E-state index in [9.17, 15) is 10.1 Å². The lowest BCUT2D eigenvalue weighted by Gasteiger charge is -2.08. The Morgan fingerprint density at radius 3 is 2.79 bits per heavy atom. The minimum absolute atomic E-state index is 0.0290. The molecular formula is C9H12N2O3. The van der Waals surface area contributed by atoms with Crippen molar-refractivity contribution < 1.29 is 9.66 Å². The predicted octanol–water partition coefficient (Wildman–Crippen LogP) is 1.31. The summed E-state index contributed by atoms with van der Waals surface area (Å²) in [5.74, 6) is 0.487. The van der Waals surface area contributed by atoms with Crippen molar-refractivity contribution in [1.29, 1.82) is 0 Å². The molecule has 0 spiro atoms. The molecule has 0 aromatic heterocycles. The molecule has 5 heteroatoms. The van der Waals surface area contributed by atoms with Gasteiger partial charge in [0.2, 0.25) is 6.04 Å². The normalized spacial score (nSPS) is 12.1. The zero-order chi connectivity index (χ0) is 10.6. The molecule has 14 heavy (non-hydrogen) atoms. The van der Waals surface area contributed by atoms with Gasteiger partial charge in [-0.25, -0.2) is 0 Å². The van der Waals surface area contributed by atoms with E-state index in [0.29, 0.717) is 11.4 Å². The number of nitrogens with two attached hydrogens (primary N) is 1. The van der Waals surface area contributed by atoms with Gasteiger partial charge in [0.1, 0.15) is 5.75 Å². The van der Waals surface area contributed by atoms with Crippen LogP contribution in [-0.4, -0.2) is 17.6 Å². The number of nitrogens with zero attached hydrogens (tertiary/aromatic N) is 1. The molecule has 0 heterocycles. The highest BCUT2D eigenvalue weighted by Crippen LogP contribution is 2.19. The van der Waals surface area contributed by atoms with Gasteiger partial charge in [-0.05, 0) is 12.1 Å². The summed E-state index contributed by atoms with van der Waals surface area (Å²) in [7, 11) is 0. The largest absolute Gasteiger partial charge is 0.484 e. The Morgan fingerprint density at radius 1 is 1.57 bits per heavy atom. The first-order valence-electron chi connectivity index (χ1n) is 4.22. The average molecular weight is 196 g/mol. The van der Waals surface area contributed by atoms with Crippen LogP contribution in [0.25, 0.3) is 0 Å². The third-order valence-electron chi connectivity index (χ3n) is 1.76. The smallest absolute Gasteiger partial charge is 0.243 e. The van der Waals surface area contributed by atoms with Crippen molar-refractivity contribution in [2.45, 2.75) is 13.0 Å². The summed E-state index contributed by atoms with van der Waals surface area (Å²) in [6.07, 6.45) is 0. The second kappa shape index (κ2) is 4.45. The van der Waals surface area contributed by atoms with Gasteiger partial charge in [-0.2, -0.15) is 0 Å². The molecule has 0 saturated heterocycles. The highest BCUT2D eigenvalue weighted by atomic mass is 16.6. The van der Waals surface area contributed by atoms with E-state index in [0.717, 1.165) is 0 Å². The van der Waals surface area contributed by atoms with E-state index in [1.165, 1.54) is 6.92 Å². The van der Waals surface area contributed by atoms with Gasteiger partial charge >= 0.3 is 0 Å². The van der Waals surface area contributed by atoms with Gasteiger partial charge in [0.25, 0.3) is 0 Å². The third-order valence-corrected chi connectivity index (χ3v) is 1.76. The fourth-order valence-electron chi connectivity index (χ4n) is 0.883. The summed E-state index contributed by atoms with van der Waals surface area (Å²) in [4.78, 5) is 9.91. The van der Waals surface area contributed by atoms with Crippen molar-refractivity contribution in [2.24, 2.45) is 0 Å². The monoisotopic (exact) mass is 196 g/mol. The van der Waals surface area contributed by atoms with Crippen LogP contribution in [0.2, 0.25) is 0 Å². The molecule has 1 aromatic rings. The number of nitrogen functional groups attached to an aromatic ring is 1. The van der Waals surface area contributed by atoms with Crippen LogP contribution in [0.15, 0.2) is 24.3 Å². The van der Waals surface area contributed by atoms with Crippen molar-refractivity contribution in [1.82, 2.24) is 0 Å². The van der Waals surface area contributed by atoms with Crippen LogP contribution in [0.4, 0.5) is 5.69 Å². The predicted molar refractivity (Wildman–Crippen MR) is 52.8 cm³/mol. The first-order valence-corrected chi connectivity index (χ1v) is 4.22. The molecule has 0 aliphatic carbocycles. The number of hydrogen-bond acceptors (Lipinski definition) is 4. The second-order valence-corrected chi connectivity index (χ2v) is 2.98. The minimum Gasteiger partial charge on any atom is -0.484 e. The lowest BCUT2D eigenvalue weighted by atomic mass is 10.3. The zero-order valence-electron chi connectivity index (χ0n) is 7.84. The van der Waals surface area contributed by atoms with E-state index >= 15 is 0 Å². The quantitative estimate of drug-likeness (QED) is 0.447. The second-order valence-electron chi connectivity index (χ2n) is 2.98. The number of benzene rings is 1. The average Bonchev–Trinajstić information content (AvgIpc) is 2.16. The molecule has 0 radical (unpaired) electrons. The van der Waals surface area contributed by atoms with E-state index in [-0.39, 0.29) is 11.5 Å². The summed E-state index contributed by atoms with van der Waals surface area (Å²) in [5.41, 5.74) is 6.08. The van der Waals surface area contributed by atoms with Gasteiger partial charge in [0.15, 0.2) is 6.61 Å². The topological polar surface area (TPSA) is 78.4 Å². The van der Waals surface area contributed by atoms with E-state index < -0.39 is 6.04 Å². The minimum atomic E-state index is -0.727. The highest BCUT2D eigenvalue weighted by Gasteiger charge is 2.13. The molecule has 0 fully saturated rings. The Bertz CT molecular complexity index is 328. The van der Waals surface area contributed by atoms with Crippen LogP contribution in [0.1, 0.15) is 6.92 Å². The van der Waals surface area contributed by atoms with Crippen molar-refractivity contribution in [3.8, 4) is 5.75 Å². The molecular weight excluding hydrogens is 184 g/mol. The van der Waals surface area contributed by atoms with E-state index in [1.54, 1.807) is 24.3 Å². The fraction of sp³-hybridized carbons (Fsp3) is 0.333. The lowest BCUT2D eigenvalue weighted by Crippen LogP contribution is -2.23. The molecule has 1 aromatic carbocycles. The van der Waals surface area contributed by atoms with Crippen molar-refractivity contribution in [3.05, 3.63) is 34.4 Å². The van der Waals surface area contributed by atoms with Gasteiger partial charge in [0.05, 0.1) is 5.69 Å². The molecule has 0 unspecified atom stereocenters. The van der Waals surface area contributed by atoms with E-state index in [1.807, 2.05) is 0 Å². The molecule has 76 valence electrons. The van der Waals surface area contributed by atoms with Crippen LogP contribution < -0.4 is 10.5 Å². The number of anilines is 1.